The van der Waals surface area contributed by atoms with Crippen molar-refractivity contribution >= 4 is 17.9 Å². The maximum Gasteiger partial charge on any atom is 0.361 e. The van der Waals surface area contributed by atoms with Crippen molar-refractivity contribution in [2.75, 3.05) is 47.5 Å². The van der Waals surface area contributed by atoms with Gasteiger partial charge in [-0.3, -0.25) is 9.59 Å². The van der Waals surface area contributed by atoms with Gasteiger partial charge in [0, 0.05) is 12.8 Å². The van der Waals surface area contributed by atoms with Gasteiger partial charge in [-0.25, -0.2) is 4.79 Å². The molecule has 0 aromatic rings. The summed E-state index contributed by atoms with van der Waals surface area (Å²) < 4.78 is 22.9. The third kappa shape index (κ3) is 67.8. The second kappa shape index (κ2) is 66.3. The van der Waals surface area contributed by atoms with Gasteiger partial charge in [0.2, 0.25) is 0 Å². The molecule has 0 saturated carbocycles. The Hall–Kier alpha value is -5.61. The standard InChI is InChI=1S/C78H123NO8/c1-6-8-10-12-14-16-18-20-22-24-26-28-30-32-33-34-35-36-37-38-39-40-41-42-43-45-47-49-51-53-55-57-59-61-63-65-67-69-76(81)87-74(73-86-78(77(82)83)84-71-70-79(3,4)5)72-85-75(80)68-66-64-62-60-58-56-54-52-50-48-46-44-31-29-27-25-23-21-19-17-15-13-11-9-7-2/h8-11,14-17,20-23,26-29,32-33,35-36,38-39,41-42,44,46,50,52,56,58,74,78H,6-7,12-13,18-19,24-25,30-31,34,37,40,43,45,47-49,51,53-55,57,59-73H2,1-5H3/p+1/b10-8-,11-9-,16-14-,17-15-,22-20-,23-21-,28-26-,29-27-,33-32-,36-35-,39-38-,42-41-,46-44-,52-50-,58-56-. The van der Waals surface area contributed by atoms with Gasteiger partial charge in [0.25, 0.3) is 6.29 Å². The van der Waals surface area contributed by atoms with Crippen LogP contribution in [0.3, 0.4) is 0 Å². The van der Waals surface area contributed by atoms with Crippen molar-refractivity contribution in [2.45, 2.75) is 245 Å². The number of likely N-dealkylation sites (N-methyl/N-ethyl adjacent to an activating group) is 1. The molecule has 2 unspecified atom stereocenters. The Morgan fingerprint density at radius 1 is 0.345 bits per heavy atom. The van der Waals surface area contributed by atoms with Crippen LogP contribution in [0.2, 0.25) is 0 Å². The van der Waals surface area contributed by atoms with E-state index in [1.807, 2.05) is 21.1 Å². The number of allylic oxidation sites excluding steroid dienone is 30. The maximum absolute atomic E-state index is 12.9. The molecule has 0 aliphatic heterocycles. The van der Waals surface area contributed by atoms with E-state index < -0.39 is 24.3 Å². The van der Waals surface area contributed by atoms with Gasteiger partial charge >= 0.3 is 17.9 Å². The summed E-state index contributed by atoms with van der Waals surface area (Å²) in [6.07, 6.45) is 98.5. The number of aliphatic carboxylic acids is 1. The Kier molecular flexibility index (Phi) is 62.1. The van der Waals surface area contributed by atoms with Gasteiger partial charge in [0.05, 0.1) is 34.4 Å². The first-order valence-electron chi connectivity index (χ1n) is 33.9. The molecule has 0 aliphatic carbocycles. The molecular weight excluding hydrogens is 1080 g/mol. The third-order valence-electron chi connectivity index (χ3n) is 13.7. The summed E-state index contributed by atoms with van der Waals surface area (Å²) in [7, 11) is 5.95. The molecule has 0 saturated heterocycles. The largest absolute Gasteiger partial charge is 0.477 e. The second-order valence-electron chi connectivity index (χ2n) is 23.0. The van der Waals surface area contributed by atoms with Gasteiger partial charge in [0.1, 0.15) is 13.2 Å². The summed E-state index contributed by atoms with van der Waals surface area (Å²) in [5, 5.41) is 9.74. The summed E-state index contributed by atoms with van der Waals surface area (Å²) >= 11 is 0. The lowest BCUT2D eigenvalue weighted by molar-refractivity contribution is -0.870. The fourth-order valence-electron chi connectivity index (χ4n) is 8.54. The number of carboxylic acids is 1. The average molecular weight is 1200 g/mol. The minimum absolute atomic E-state index is 0.172. The lowest BCUT2D eigenvalue weighted by Crippen LogP contribution is -2.40. The van der Waals surface area contributed by atoms with Gasteiger partial charge < -0.3 is 28.5 Å². The summed E-state index contributed by atoms with van der Waals surface area (Å²) in [5.41, 5.74) is 0. The monoisotopic (exact) mass is 1200 g/mol. The van der Waals surface area contributed by atoms with Crippen LogP contribution < -0.4 is 0 Å². The molecule has 0 heterocycles. The van der Waals surface area contributed by atoms with E-state index >= 15 is 0 Å². The lowest BCUT2D eigenvalue weighted by atomic mass is 10.0. The van der Waals surface area contributed by atoms with Gasteiger partial charge in [-0.1, -0.05) is 267 Å². The zero-order chi connectivity index (χ0) is 63.3. The van der Waals surface area contributed by atoms with Gasteiger partial charge in [-0.2, -0.15) is 0 Å². The number of carboxylic acid groups (broad SMARTS) is 1. The average Bonchev–Trinajstić information content (AvgIpc) is 3.57. The maximum atomic E-state index is 12.9. The molecule has 2 atom stereocenters. The first kappa shape index (κ1) is 81.4. The summed E-state index contributed by atoms with van der Waals surface area (Å²) in [6, 6.07) is 0. The molecule has 87 heavy (non-hydrogen) atoms. The third-order valence-corrected chi connectivity index (χ3v) is 13.7. The van der Waals surface area contributed by atoms with Crippen molar-refractivity contribution in [1.29, 1.82) is 0 Å². The molecule has 0 spiro atoms. The van der Waals surface area contributed by atoms with Crippen LogP contribution in [0.15, 0.2) is 182 Å². The van der Waals surface area contributed by atoms with Crippen molar-refractivity contribution in [1.82, 2.24) is 0 Å². The molecule has 1 N–H and O–H groups in total. The van der Waals surface area contributed by atoms with Gasteiger partial charge in [-0.15, -0.1) is 0 Å². The first-order chi connectivity index (χ1) is 42.6. The van der Waals surface area contributed by atoms with E-state index in [-0.39, 0.29) is 38.6 Å². The molecule has 0 bridgehead atoms. The van der Waals surface area contributed by atoms with Crippen LogP contribution in [-0.4, -0.2) is 87.4 Å². The van der Waals surface area contributed by atoms with Gasteiger partial charge in [0.15, 0.2) is 6.10 Å². The number of unbranched alkanes of at least 4 members (excludes halogenated alkanes) is 15. The van der Waals surface area contributed by atoms with E-state index in [1.54, 1.807) is 0 Å². The van der Waals surface area contributed by atoms with Crippen LogP contribution >= 0.6 is 0 Å². The van der Waals surface area contributed by atoms with Crippen molar-refractivity contribution < 1.29 is 42.9 Å². The van der Waals surface area contributed by atoms with Crippen molar-refractivity contribution in [3.8, 4) is 0 Å². The molecule has 9 nitrogen and oxygen atoms in total. The summed E-state index contributed by atoms with van der Waals surface area (Å²) in [4.78, 5) is 37.6. The fraction of sp³-hybridized carbons (Fsp3) is 0.577. The van der Waals surface area contributed by atoms with Crippen LogP contribution in [0, 0.1) is 0 Å². The van der Waals surface area contributed by atoms with E-state index in [9.17, 15) is 19.5 Å². The van der Waals surface area contributed by atoms with Crippen LogP contribution in [0.4, 0.5) is 0 Å². The molecule has 0 rings (SSSR count). The molecule has 0 aromatic carbocycles. The van der Waals surface area contributed by atoms with E-state index in [4.69, 9.17) is 18.9 Å². The number of nitrogens with zero attached hydrogens (tertiary/aromatic N) is 1. The van der Waals surface area contributed by atoms with Crippen LogP contribution in [-0.2, 0) is 33.3 Å². The lowest BCUT2D eigenvalue weighted by Gasteiger charge is -2.25. The smallest absolute Gasteiger partial charge is 0.361 e. The van der Waals surface area contributed by atoms with E-state index in [0.717, 1.165) is 141 Å². The number of ether oxygens (including phenoxy) is 4. The van der Waals surface area contributed by atoms with E-state index in [1.165, 1.54) is 51.4 Å². The first-order valence-corrected chi connectivity index (χ1v) is 33.9. The Bertz CT molecular complexity index is 2080. The minimum atomic E-state index is -1.53. The quantitative estimate of drug-likeness (QED) is 0.0211. The van der Waals surface area contributed by atoms with Crippen LogP contribution in [0.1, 0.15) is 232 Å². The Morgan fingerprint density at radius 3 is 0.931 bits per heavy atom. The van der Waals surface area contributed by atoms with E-state index in [2.05, 4.69) is 196 Å². The molecule has 0 aromatic heterocycles. The SMILES string of the molecule is CC/C=C\C/C=C\C/C=C\C/C=C\C/C=C\C/C=C\C/C=C\C/C=C\CCCCCCCCCCCCCCC(=O)OC(COC(=O)CCCCC/C=C\C/C=C\C/C=C\C/C=C\C/C=C\C/C=C\C/C=C\CC)COC(OCC[N+](C)(C)C)C(=O)O. The van der Waals surface area contributed by atoms with Gasteiger partial charge in [-0.05, 0) is 135 Å². The topological polar surface area (TPSA) is 108 Å². The zero-order valence-electron chi connectivity index (χ0n) is 55.6. The normalized spacial score (nSPS) is 13.9. The molecule has 0 aliphatic rings. The summed E-state index contributed by atoms with van der Waals surface area (Å²) in [5.74, 6) is -2.07. The highest BCUT2D eigenvalue weighted by Crippen LogP contribution is 2.15. The minimum Gasteiger partial charge on any atom is -0.477 e. The molecule has 0 fully saturated rings. The van der Waals surface area contributed by atoms with Crippen molar-refractivity contribution in [3.63, 3.8) is 0 Å². The molecule has 488 valence electrons. The fourth-order valence-corrected chi connectivity index (χ4v) is 8.54. The number of carbonyl (C=O) groups is 3. The number of rotatable bonds is 60. The Labute approximate surface area is 532 Å². The van der Waals surface area contributed by atoms with Crippen LogP contribution in [0.25, 0.3) is 0 Å². The highest BCUT2D eigenvalue weighted by Gasteiger charge is 2.25. The predicted octanol–water partition coefficient (Wildman–Crippen LogP) is 21.2. The molecule has 0 radical (unpaired) electrons. The van der Waals surface area contributed by atoms with Crippen molar-refractivity contribution in [3.05, 3.63) is 182 Å². The number of carbonyl (C=O) groups excluding carboxylic acids is 2. The Morgan fingerprint density at radius 2 is 0.621 bits per heavy atom. The molecule has 9 heteroatoms. The number of hydrogen-bond acceptors (Lipinski definition) is 7. The number of hydrogen-bond donors (Lipinski definition) is 1. The van der Waals surface area contributed by atoms with Crippen molar-refractivity contribution in [2.24, 2.45) is 0 Å². The number of quaternary nitrogens is 1. The highest BCUT2D eigenvalue weighted by atomic mass is 16.7. The number of esters is 2. The highest BCUT2D eigenvalue weighted by molar-refractivity contribution is 5.71. The van der Waals surface area contributed by atoms with E-state index in [0.29, 0.717) is 23.9 Å². The second-order valence-corrected chi connectivity index (χ2v) is 23.0. The Balaban J connectivity index is 4.24. The molecule has 0 amide bonds. The van der Waals surface area contributed by atoms with Crippen LogP contribution in [0.5, 0.6) is 0 Å². The predicted molar refractivity (Wildman–Crippen MR) is 372 cm³/mol. The molecular formula is C78H124NO8+. The summed E-state index contributed by atoms with van der Waals surface area (Å²) in [6.45, 7) is 4.59. The zero-order valence-corrected chi connectivity index (χ0v) is 55.6.